The van der Waals surface area contributed by atoms with E-state index < -0.39 is 0 Å². The lowest BCUT2D eigenvalue weighted by Gasteiger charge is -2.17. The Morgan fingerprint density at radius 1 is 1.50 bits per heavy atom. The number of fused-ring (bicyclic) bond motifs is 1. The lowest BCUT2D eigenvalue weighted by Crippen LogP contribution is -2.21. The molecule has 1 heterocycles. The van der Waals surface area contributed by atoms with E-state index in [4.69, 9.17) is 4.84 Å². The Kier molecular flexibility index (Phi) is 2.35. The molecule has 0 radical (unpaired) electrons. The van der Waals surface area contributed by atoms with Crippen LogP contribution in [-0.2, 0) is 4.84 Å². The first kappa shape index (κ1) is 8.99. The summed E-state index contributed by atoms with van der Waals surface area (Å²) in [5.74, 6) is 0. The second kappa shape index (κ2) is 3.65. The van der Waals surface area contributed by atoms with Crippen molar-refractivity contribution in [2.45, 2.75) is 19.9 Å². The molecule has 0 unspecified atom stereocenters. The van der Waals surface area contributed by atoms with Crippen molar-refractivity contribution in [1.29, 1.82) is 0 Å². The summed E-state index contributed by atoms with van der Waals surface area (Å²) in [6.07, 6.45) is 0. The molecular formula is C10H13N3O. The average molecular weight is 191 g/mol. The molecule has 0 aliphatic carbocycles. The third-order valence-electron chi connectivity index (χ3n) is 2.08. The third-order valence-corrected chi connectivity index (χ3v) is 2.08. The highest BCUT2D eigenvalue weighted by Crippen LogP contribution is 2.28. The van der Waals surface area contributed by atoms with E-state index in [2.05, 4.69) is 28.7 Å². The van der Waals surface area contributed by atoms with Gasteiger partial charge in [-0.25, -0.2) is 0 Å². The maximum absolute atomic E-state index is 4.97. The van der Waals surface area contributed by atoms with Crippen molar-refractivity contribution in [1.82, 2.24) is 0 Å². The summed E-state index contributed by atoms with van der Waals surface area (Å²) in [4.78, 5) is 4.97. The Morgan fingerprint density at radius 3 is 3.21 bits per heavy atom. The summed E-state index contributed by atoms with van der Waals surface area (Å²) in [5.41, 5.74) is 3.05. The van der Waals surface area contributed by atoms with Crippen LogP contribution in [0.15, 0.2) is 28.6 Å². The molecule has 14 heavy (non-hydrogen) atoms. The number of anilines is 1. The summed E-state index contributed by atoms with van der Waals surface area (Å²) in [5, 5.41) is 10.9. The molecule has 74 valence electrons. The van der Waals surface area contributed by atoms with Gasteiger partial charge in [-0.1, -0.05) is 6.07 Å². The van der Waals surface area contributed by atoms with Gasteiger partial charge in [-0.15, -0.1) is 5.11 Å². The van der Waals surface area contributed by atoms with Crippen LogP contribution < -0.4 is 5.32 Å². The van der Waals surface area contributed by atoms with Crippen molar-refractivity contribution >= 4 is 11.4 Å². The first-order chi connectivity index (χ1) is 6.75. The second-order valence-corrected chi connectivity index (χ2v) is 3.54. The second-order valence-electron chi connectivity index (χ2n) is 3.54. The minimum absolute atomic E-state index is 0.245. The molecule has 0 amide bonds. The predicted molar refractivity (Wildman–Crippen MR) is 54.7 cm³/mol. The molecule has 1 aliphatic rings. The summed E-state index contributed by atoms with van der Waals surface area (Å²) in [6, 6.07) is 6.25. The number of hydrogen-bond donors (Lipinski definition) is 1. The molecule has 1 aromatic carbocycles. The van der Waals surface area contributed by atoms with Gasteiger partial charge in [0.1, 0.15) is 12.3 Å². The van der Waals surface area contributed by atoms with Crippen molar-refractivity contribution in [3.8, 4) is 0 Å². The van der Waals surface area contributed by atoms with Gasteiger partial charge in [0.05, 0.1) is 11.7 Å². The van der Waals surface area contributed by atoms with E-state index in [1.54, 1.807) is 0 Å². The van der Waals surface area contributed by atoms with Gasteiger partial charge >= 0.3 is 0 Å². The Labute approximate surface area is 82.9 Å². The van der Waals surface area contributed by atoms with E-state index in [1.807, 2.05) is 19.1 Å². The number of nitrogens with one attached hydrogen (secondary N) is 1. The molecule has 4 nitrogen and oxygen atoms in total. The molecule has 0 bridgehead atoms. The van der Waals surface area contributed by atoms with Crippen molar-refractivity contribution in [2.75, 3.05) is 11.9 Å². The molecule has 0 fully saturated rings. The van der Waals surface area contributed by atoms with E-state index in [-0.39, 0.29) is 6.04 Å². The lowest BCUT2D eigenvalue weighted by atomic mass is 10.2. The summed E-state index contributed by atoms with van der Waals surface area (Å²) >= 11 is 0. The molecule has 1 aliphatic heterocycles. The third kappa shape index (κ3) is 1.84. The topological polar surface area (TPSA) is 46.0 Å². The van der Waals surface area contributed by atoms with Crippen LogP contribution in [0.5, 0.6) is 0 Å². The molecule has 0 spiro atoms. The molecule has 1 atom stereocenters. The van der Waals surface area contributed by atoms with Gasteiger partial charge in [0.2, 0.25) is 0 Å². The number of rotatable bonds is 0. The van der Waals surface area contributed by atoms with Gasteiger partial charge < -0.3 is 10.2 Å². The quantitative estimate of drug-likeness (QED) is 0.685. The normalized spacial score (nSPS) is 20.0. The van der Waals surface area contributed by atoms with Crippen molar-refractivity contribution in [3.05, 3.63) is 23.8 Å². The fourth-order valence-corrected chi connectivity index (χ4v) is 1.38. The maximum atomic E-state index is 4.97. The number of hydrogen-bond acceptors (Lipinski definition) is 4. The molecule has 0 aromatic heterocycles. The molecule has 0 saturated carbocycles. The van der Waals surface area contributed by atoms with Crippen LogP contribution in [0.2, 0.25) is 0 Å². The van der Waals surface area contributed by atoms with Crippen LogP contribution in [0.4, 0.5) is 11.4 Å². The zero-order chi connectivity index (χ0) is 9.97. The highest BCUT2D eigenvalue weighted by Gasteiger charge is 2.09. The molecule has 1 N–H and O–H groups in total. The Hall–Kier alpha value is -1.58. The number of aryl methyl sites for hydroxylation is 1. The molecular weight excluding hydrogens is 178 g/mol. The van der Waals surface area contributed by atoms with Crippen molar-refractivity contribution in [3.63, 3.8) is 0 Å². The molecule has 4 heteroatoms. The first-order valence-corrected chi connectivity index (χ1v) is 4.66. The summed E-state index contributed by atoms with van der Waals surface area (Å²) < 4.78 is 0. The van der Waals surface area contributed by atoms with E-state index in [1.165, 1.54) is 5.56 Å². The van der Waals surface area contributed by atoms with Gasteiger partial charge in [-0.3, -0.25) is 0 Å². The van der Waals surface area contributed by atoms with E-state index in [0.29, 0.717) is 6.61 Å². The first-order valence-electron chi connectivity index (χ1n) is 4.66. The minimum Gasteiger partial charge on any atom is -0.377 e. The largest absolute Gasteiger partial charge is 0.377 e. The highest BCUT2D eigenvalue weighted by atomic mass is 16.6. The van der Waals surface area contributed by atoms with Gasteiger partial charge in [0, 0.05) is 5.28 Å². The van der Waals surface area contributed by atoms with E-state index in [0.717, 1.165) is 11.4 Å². The van der Waals surface area contributed by atoms with Crippen molar-refractivity contribution < 1.29 is 4.84 Å². The van der Waals surface area contributed by atoms with Crippen LogP contribution in [-0.4, -0.2) is 12.6 Å². The maximum Gasteiger partial charge on any atom is 0.138 e. The zero-order valence-corrected chi connectivity index (χ0v) is 8.32. The van der Waals surface area contributed by atoms with Gasteiger partial charge in [-0.05, 0) is 31.5 Å². The monoisotopic (exact) mass is 191 g/mol. The van der Waals surface area contributed by atoms with Crippen LogP contribution in [0, 0.1) is 6.92 Å². The number of nitrogens with zero attached hydrogens (tertiary/aromatic N) is 2. The molecule has 2 rings (SSSR count). The molecule has 0 saturated heterocycles. The van der Waals surface area contributed by atoms with Crippen LogP contribution in [0.25, 0.3) is 0 Å². The number of benzene rings is 1. The zero-order valence-electron chi connectivity index (χ0n) is 8.32. The highest BCUT2D eigenvalue weighted by molar-refractivity contribution is 5.66. The fourth-order valence-electron chi connectivity index (χ4n) is 1.38. The van der Waals surface area contributed by atoms with Crippen LogP contribution in [0.3, 0.4) is 0 Å². The van der Waals surface area contributed by atoms with E-state index >= 15 is 0 Å². The summed E-state index contributed by atoms with van der Waals surface area (Å²) in [6.45, 7) is 4.64. The minimum atomic E-state index is 0.245. The Morgan fingerprint density at radius 2 is 2.36 bits per heavy atom. The summed E-state index contributed by atoms with van der Waals surface area (Å²) in [7, 11) is 0. The van der Waals surface area contributed by atoms with Gasteiger partial charge in [0.15, 0.2) is 0 Å². The van der Waals surface area contributed by atoms with Crippen LogP contribution >= 0.6 is 0 Å². The Balaban J connectivity index is 2.40. The average Bonchev–Trinajstić information content (AvgIpc) is 2.12. The SMILES string of the molecule is Cc1ccc2c(c1)N[C@@H](C)CON=N2. The standard InChI is InChI=1S/C10H13N3O/c1-7-3-4-9-10(5-7)11-8(2)6-14-13-12-9/h3-5,8,11H,6H2,1-2H3/t8-/m0/s1. The Bertz CT molecular complexity index is 362. The smallest absolute Gasteiger partial charge is 0.138 e. The van der Waals surface area contributed by atoms with Crippen LogP contribution in [0.1, 0.15) is 12.5 Å². The fraction of sp³-hybridized carbons (Fsp3) is 0.400. The molecule has 1 aromatic rings. The van der Waals surface area contributed by atoms with Gasteiger partial charge in [-0.2, -0.15) is 0 Å². The lowest BCUT2D eigenvalue weighted by molar-refractivity contribution is 0.119. The predicted octanol–water partition coefficient (Wildman–Crippen LogP) is 2.82. The van der Waals surface area contributed by atoms with Crippen molar-refractivity contribution in [2.24, 2.45) is 10.4 Å². The van der Waals surface area contributed by atoms with E-state index in [9.17, 15) is 0 Å². The van der Waals surface area contributed by atoms with Gasteiger partial charge in [0.25, 0.3) is 0 Å².